The lowest BCUT2D eigenvalue weighted by molar-refractivity contribution is -0.0174. The van der Waals surface area contributed by atoms with Crippen molar-refractivity contribution in [3.8, 4) is 0 Å². The molecule has 1 saturated heterocycles. The summed E-state index contributed by atoms with van der Waals surface area (Å²) in [7, 11) is 0. The van der Waals surface area contributed by atoms with Crippen LogP contribution in [0.25, 0.3) is 0 Å². The van der Waals surface area contributed by atoms with E-state index in [1.54, 1.807) is 11.3 Å². The van der Waals surface area contributed by atoms with Gasteiger partial charge in [0.25, 0.3) is 0 Å². The summed E-state index contributed by atoms with van der Waals surface area (Å²) in [6, 6.07) is 0.915. The maximum Gasteiger partial charge on any atom is 0.191 e. The molecule has 8 heteroatoms. The molecule has 0 spiro atoms. The quantitative estimate of drug-likeness (QED) is 0.372. The summed E-state index contributed by atoms with van der Waals surface area (Å²) < 4.78 is 5.52. The summed E-state index contributed by atoms with van der Waals surface area (Å²) in [6.07, 6.45) is 0. The molecule has 1 aliphatic heterocycles. The van der Waals surface area contributed by atoms with Gasteiger partial charge < -0.3 is 15.4 Å². The highest BCUT2D eigenvalue weighted by atomic mass is 127. The summed E-state index contributed by atoms with van der Waals surface area (Å²) in [5, 5.41) is 7.91. The van der Waals surface area contributed by atoms with Gasteiger partial charge in [-0.3, -0.25) is 4.90 Å². The van der Waals surface area contributed by atoms with Gasteiger partial charge in [0.2, 0.25) is 0 Å². The van der Waals surface area contributed by atoms with Gasteiger partial charge in [0, 0.05) is 36.6 Å². The van der Waals surface area contributed by atoms with Crippen molar-refractivity contribution in [2.45, 2.75) is 53.2 Å². The van der Waals surface area contributed by atoms with Crippen molar-refractivity contribution in [3.05, 3.63) is 15.6 Å². The van der Waals surface area contributed by atoms with Crippen molar-refractivity contribution in [2.24, 2.45) is 4.99 Å². The Bertz CT molecular complexity index is 551. The zero-order chi connectivity index (χ0) is 17.5. The lowest BCUT2D eigenvalue weighted by atomic mass is 10.2. The molecule has 25 heavy (non-hydrogen) atoms. The molecule has 0 saturated carbocycles. The van der Waals surface area contributed by atoms with Gasteiger partial charge in [0.1, 0.15) is 0 Å². The molecule has 2 atom stereocenters. The molecule has 2 heterocycles. The fourth-order valence-corrected chi connectivity index (χ4v) is 3.83. The number of thiazole rings is 1. The number of aromatic nitrogens is 1. The van der Waals surface area contributed by atoms with E-state index < -0.39 is 0 Å². The second kappa shape index (κ2) is 11.3. The molecule has 0 amide bonds. The zero-order valence-corrected chi connectivity index (χ0v) is 19.1. The van der Waals surface area contributed by atoms with Crippen LogP contribution in [-0.4, -0.2) is 60.8 Å². The number of morpholine rings is 1. The Labute approximate surface area is 172 Å². The topological polar surface area (TPSA) is 61.8 Å². The van der Waals surface area contributed by atoms with E-state index in [1.165, 1.54) is 4.88 Å². The van der Waals surface area contributed by atoms with Gasteiger partial charge in [-0.05, 0) is 34.6 Å². The number of nitrogens with zero attached hydrogens (tertiary/aromatic N) is 3. The Balaban J connectivity index is 0.00000312. The van der Waals surface area contributed by atoms with Crippen LogP contribution >= 0.6 is 35.3 Å². The largest absolute Gasteiger partial charge is 0.379 e. The number of hydrogen-bond acceptors (Lipinski definition) is 5. The molecule has 0 aliphatic carbocycles. The van der Waals surface area contributed by atoms with Crippen molar-refractivity contribution < 1.29 is 4.74 Å². The lowest BCUT2D eigenvalue weighted by Gasteiger charge is -2.38. The number of aryl methyl sites for hydroxylation is 2. The molecular weight excluding hydrogens is 449 g/mol. The van der Waals surface area contributed by atoms with Gasteiger partial charge in [-0.15, -0.1) is 35.3 Å². The highest BCUT2D eigenvalue weighted by Crippen LogP contribution is 2.17. The fourth-order valence-electron chi connectivity index (χ4n) is 2.97. The third-order valence-corrected chi connectivity index (χ3v) is 5.33. The fraction of sp³-hybridized carbons (Fsp3) is 0.765. The van der Waals surface area contributed by atoms with Gasteiger partial charge >= 0.3 is 0 Å². The maximum absolute atomic E-state index is 5.52. The minimum Gasteiger partial charge on any atom is -0.379 e. The Morgan fingerprint density at radius 2 is 2.20 bits per heavy atom. The molecule has 1 aliphatic rings. The third-order valence-electron chi connectivity index (χ3n) is 4.27. The van der Waals surface area contributed by atoms with E-state index in [4.69, 9.17) is 9.73 Å². The molecular formula is C17H32IN5OS. The van der Waals surface area contributed by atoms with Crippen LogP contribution in [0.1, 0.15) is 36.3 Å². The first-order chi connectivity index (χ1) is 11.5. The van der Waals surface area contributed by atoms with Crippen molar-refractivity contribution in [1.82, 2.24) is 20.5 Å². The van der Waals surface area contributed by atoms with Crippen LogP contribution < -0.4 is 10.6 Å². The molecule has 1 aromatic rings. The SMILES string of the molecule is CCNC(=NCc1sc(C)nc1C)NCC(C)N1CCOCC1C.I. The monoisotopic (exact) mass is 481 g/mol. The molecule has 2 N–H and O–H groups in total. The Morgan fingerprint density at radius 3 is 2.80 bits per heavy atom. The molecule has 2 rings (SSSR count). The van der Waals surface area contributed by atoms with Crippen LogP contribution in [0.2, 0.25) is 0 Å². The average Bonchev–Trinajstić information content (AvgIpc) is 2.88. The summed E-state index contributed by atoms with van der Waals surface area (Å²) in [6.45, 7) is 15.7. The number of guanidine groups is 1. The molecule has 144 valence electrons. The summed E-state index contributed by atoms with van der Waals surface area (Å²) in [4.78, 5) is 12.9. The van der Waals surface area contributed by atoms with E-state index in [2.05, 4.69) is 48.2 Å². The van der Waals surface area contributed by atoms with Crippen molar-refractivity contribution in [1.29, 1.82) is 0 Å². The summed E-state index contributed by atoms with van der Waals surface area (Å²) in [5.41, 5.74) is 1.09. The van der Waals surface area contributed by atoms with Gasteiger partial charge in [-0.2, -0.15) is 0 Å². The third kappa shape index (κ3) is 6.99. The predicted molar refractivity (Wildman–Crippen MR) is 116 cm³/mol. The van der Waals surface area contributed by atoms with E-state index in [9.17, 15) is 0 Å². The van der Waals surface area contributed by atoms with Crippen LogP contribution in [0, 0.1) is 13.8 Å². The van der Waals surface area contributed by atoms with Crippen LogP contribution in [0.3, 0.4) is 0 Å². The molecule has 2 unspecified atom stereocenters. The first-order valence-electron chi connectivity index (χ1n) is 8.79. The van der Waals surface area contributed by atoms with Gasteiger partial charge in [-0.25, -0.2) is 9.98 Å². The second-order valence-electron chi connectivity index (χ2n) is 6.33. The lowest BCUT2D eigenvalue weighted by Crippen LogP contribution is -2.53. The van der Waals surface area contributed by atoms with Crippen molar-refractivity contribution in [3.63, 3.8) is 0 Å². The number of aliphatic imine (C=N–C) groups is 1. The normalized spacial score (nSPS) is 20.0. The molecule has 0 aromatic carbocycles. The average molecular weight is 481 g/mol. The number of rotatable bonds is 6. The van der Waals surface area contributed by atoms with E-state index >= 15 is 0 Å². The van der Waals surface area contributed by atoms with Crippen molar-refractivity contribution >= 4 is 41.3 Å². The van der Waals surface area contributed by atoms with Crippen LogP contribution in [0.15, 0.2) is 4.99 Å². The number of nitrogens with one attached hydrogen (secondary N) is 2. The smallest absolute Gasteiger partial charge is 0.191 e. The van der Waals surface area contributed by atoms with Gasteiger partial charge in [0.05, 0.1) is 30.5 Å². The van der Waals surface area contributed by atoms with Gasteiger partial charge in [-0.1, -0.05) is 0 Å². The minimum absolute atomic E-state index is 0. The zero-order valence-electron chi connectivity index (χ0n) is 16.0. The Morgan fingerprint density at radius 1 is 1.44 bits per heavy atom. The van der Waals surface area contributed by atoms with Crippen LogP contribution in [0.4, 0.5) is 0 Å². The van der Waals surface area contributed by atoms with Crippen LogP contribution in [-0.2, 0) is 11.3 Å². The first-order valence-corrected chi connectivity index (χ1v) is 9.61. The Kier molecular flexibility index (Phi) is 10.2. The molecule has 0 radical (unpaired) electrons. The predicted octanol–water partition coefficient (Wildman–Crippen LogP) is 2.54. The molecule has 6 nitrogen and oxygen atoms in total. The van der Waals surface area contributed by atoms with E-state index in [0.717, 1.165) is 49.5 Å². The standard InChI is InChI=1S/C17H31N5OS.HI/c1-6-18-17(20-10-16-14(4)21-15(5)24-16)19-9-12(2)22-7-8-23-11-13(22)3;/h12-13H,6-11H2,1-5H3,(H2,18,19,20);1H. The molecule has 1 fully saturated rings. The summed E-state index contributed by atoms with van der Waals surface area (Å²) >= 11 is 1.73. The summed E-state index contributed by atoms with van der Waals surface area (Å²) in [5.74, 6) is 0.871. The van der Waals surface area contributed by atoms with Gasteiger partial charge in [0.15, 0.2) is 5.96 Å². The van der Waals surface area contributed by atoms with E-state index in [1.807, 2.05) is 6.92 Å². The Hall–Kier alpha value is -0.450. The first kappa shape index (κ1) is 22.6. The molecule has 1 aromatic heterocycles. The molecule has 0 bridgehead atoms. The van der Waals surface area contributed by atoms with E-state index in [-0.39, 0.29) is 24.0 Å². The number of halogens is 1. The van der Waals surface area contributed by atoms with Crippen molar-refractivity contribution in [2.75, 3.05) is 32.8 Å². The highest BCUT2D eigenvalue weighted by Gasteiger charge is 2.23. The number of ether oxygens (including phenoxy) is 1. The second-order valence-corrected chi connectivity index (χ2v) is 7.62. The number of hydrogen-bond donors (Lipinski definition) is 2. The highest BCUT2D eigenvalue weighted by molar-refractivity contribution is 14.0. The maximum atomic E-state index is 5.52. The van der Waals surface area contributed by atoms with Crippen LogP contribution in [0.5, 0.6) is 0 Å². The minimum atomic E-state index is 0. The van der Waals surface area contributed by atoms with E-state index in [0.29, 0.717) is 18.6 Å².